The molecule has 4 N–H and O–H groups in total. The van der Waals surface area contributed by atoms with Crippen LogP contribution in [-0.2, 0) is 0 Å². The quantitative estimate of drug-likeness (QED) is 0.126. The second-order valence-electron chi connectivity index (χ2n) is 17.1. The predicted molar refractivity (Wildman–Crippen MR) is 284 cm³/mol. The van der Waals surface area contributed by atoms with Crippen molar-refractivity contribution >= 4 is 65.9 Å². The van der Waals surface area contributed by atoms with Gasteiger partial charge in [-0.1, -0.05) is 183 Å². The zero-order valence-corrected chi connectivity index (χ0v) is 37.7. The van der Waals surface area contributed by atoms with Crippen LogP contribution >= 0.6 is 11.3 Å². The van der Waals surface area contributed by atoms with Crippen molar-refractivity contribution in [2.45, 2.75) is 25.7 Å². The van der Waals surface area contributed by atoms with E-state index in [1.54, 1.807) is 0 Å². The summed E-state index contributed by atoms with van der Waals surface area (Å²) in [6.45, 7) is 2.22. The molecule has 12 rings (SSSR count). The van der Waals surface area contributed by atoms with E-state index in [-0.39, 0.29) is 12.3 Å². The number of rotatable bonds is 9. The largest absolute Gasteiger partial charge is 0.398 e. The molecule has 0 aliphatic carbocycles. The number of fused-ring (bicyclic) bond motifs is 4. The summed E-state index contributed by atoms with van der Waals surface area (Å²) in [5.41, 5.74) is 23.2. The van der Waals surface area contributed by atoms with Crippen LogP contribution in [0.25, 0.3) is 64.7 Å². The van der Waals surface area contributed by atoms with Crippen molar-refractivity contribution in [1.82, 2.24) is 5.32 Å². The number of nitrogens with zero attached hydrogens (tertiary/aromatic N) is 3. The van der Waals surface area contributed by atoms with E-state index in [1.165, 1.54) is 37.0 Å². The maximum Gasteiger partial charge on any atom is 0.160 e. The highest BCUT2D eigenvalue weighted by molar-refractivity contribution is 7.26. The standard InChI is InChI=1S/C60H46N6S/c1-2-54-62-52-31-11-12-32-53(52)66(54)43-35-33-39(34-36-43)45-25-14-27-48(55(45)61)47-24-10-9-23-44(47)41-21-13-22-42(37-41)59-63-58(40-19-7-4-8-20-40)64-60(65-59)51-30-16-29-50-49-28-15-26-46(56(49)67-57(50)51)38-17-5-3-6-18-38/h3-37,54,58,62H,2,61H2,1H3,(H,63,64,65). The average molecular weight is 883 g/mol. The Hall–Kier alpha value is -8.26. The molecule has 0 saturated carbocycles. The Balaban J connectivity index is 0.909. The molecule has 7 heteroatoms. The van der Waals surface area contributed by atoms with Gasteiger partial charge in [-0.15, -0.1) is 11.3 Å². The molecule has 0 bridgehead atoms. The lowest BCUT2D eigenvalue weighted by molar-refractivity contribution is 0.674. The first-order valence-electron chi connectivity index (χ1n) is 22.9. The van der Waals surface area contributed by atoms with E-state index in [0.717, 1.165) is 79.4 Å². The minimum absolute atomic E-state index is 0.198. The van der Waals surface area contributed by atoms with E-state index in [4.69, 9.17) is 15.7 Å². The topological polar surface area (TPSA) is 78.0 Å². The monoisotopic (exact) mass is 882 g/mol. The summed E-state index contributed by atoms with van der Waals surface area (Å²) in [5, 5.41) is 9.85. The van der Waals surface area contributed by atoms with Crippen LogP contribution in [0, 0.1) is 0 Å². The minimum atomic E-state index is -0.336. The van der Waals surface area contributed by atoms with Gasteiger partial charge in [0, 0.05) is 53.8 Å². The first-order chi connectivity index (χ1) is 33.1. The molecule has 0 spiro atoms. The Morgan fingerprint density at radius 3 is 1.88 bits per heavy atom. The third kappa shape index (κ3) is 7.21. The van der Waals surface area contributed by atoms with Crippen LogP contribution < -0.4 is 21.3 Å². The zero-order valence-electron chi connectivity index (χ0n) is 36.9. The van der Waals surface area contributed by atoms with Crippen LogP contribution in [0.1, 0.15) is 36.2 Å². The molecule has 0 radical (unpaired) electrons. The summed E-state index contributed by atoms with van der Waals surface area (Å²) in [5.74, 6) is 1.47. The molecule has 0 fully saturated rings. The molecule has 2 aliphatic rings. The molecule has 3 heterocycles. The lowest BCUT2D eigenvalue weighted by Gasteiger charge is -2.26. The summed E-state index contributed by atoms with van der Waals surface area (Å²) >= 11 is 1.82. The maximum absolute atomic E-state index is 7.19. The van der Waals surface area contributed by atoms with Crippen molar-refractivity contribution in [3.63, 3.8) is 0 Å². The highest BCUT2D eigenvalue weighted by Crippen LogP contribution is 2.45. The smallest absolute Gasteiger partial charge is 0.160 e. The molecule has 9 aromatic carbocycles. The van der Waals surface area contributed by atoms with Crippen molar-refractivity contribution < 1.29 is 0 Å². The van der Waals surface area contributed by atoms with Crippen LogP contribution in [0.4, 0.5) is 22.7 Å². The summed E-state index contributed by atoms with van der Waals surface area (Å²) in [4.78, 5) is 13.1. The number of nitrogens with two attached hydrogens (primary N) is 1. The fourth-order valence-corrected chi connectivity index (χ4v) is 11.2. The molecule has 0 saturated heterocycles. The number of thiophene rings is 1. The second kappa shape index (κ2) is 16.9. The fourth-order valence-electron chi connectivity index (χ4n) is 9.84. The lowest BCUT2D eigenvalue weighted by atomic mass is 9.90. The van der Waals surface area contributed by atoms with Gasteiger partial charge in [-0.3, -0.25) is 0 Å². The summed E-state index contributed by atoms with van der Waals surface area (Å²) in [6.07, 6.45) is 0.837. The Bertz CT molecular complexity index is 3540. The van der Waals surface area contributed by atoms with Crippen molar-refractivity contribution in [3.05, 3.63) is 229 Å². The van der Waals surface area contributed by atoms with E-state index in [9.17, 15) is 0 Å². The Labute approximate surface area is 394 Å². The molecule has 6 nitrogen and oxygen atoms in total. The van der Waals surface area contributed by atoms with Gasteiger partial charge in [-0.05, 0) is 81.8 Å². The molecule has 67 heavy (non-hydrogen) atoms. The van der Waals surface area contributed by atoms with Gasteiger partial charge < -0.3 is 21.3 Å². The molecule has 1 aromatic heterocycles. The third-order valence-electron chi connectivity index (χ3n) is 13.1. The number of nitrogen functional groups attached to an aromatic ring is 1. The molecule has 2 aliphatic heterocycles. The van der Waals surface area contributed by atoms with Crippen molar-refractivity contribution in [2.75, 3.05) is 16.0 Å². The molecule has 2 unspecified atom stereocenters. The fraction of sp³-hybridized carbons (Fsp3) is 0.0667. The summed E-state index contributed by atoms with van der Waals surface area (Å²) in [6, 6.07) is 75.1. The number of hydrogen-bond donors (Lipinski definition) is 3. The van der Waals surface area contributed by atoms with Crippen molar-refractivity contribution in [3.8, 4) is 44.5 Å². The van der Waals surface area contributed by atoms with Crippen LogP contribution in [0.5, 0.6) is 0 Å². The number of anilines is 4. The number of aliphatic imine (C=N–C) groups is 2. The maximum atomic E-state index is 7.19. The van der Waals surface area contributed by atoms with Gasteiger partial charge in [0.05, 0.1) is 11.4 Å². The molecule has 10 aromatic rings. The molecular weight excluding hydrogens is 837 g/mol. The number of hydrogen-bond acceptors (Lipinski definition) is 7. The van der Waals surface area contributed by atoms with E-state index in [0.29, 0.717) is 5.84 Å². The van der Waals surface area contributed by atoms with Crippen LogP contribution in [0.3, 0.4) is 0 Å². The molecule has 2 atom stereocenters. The number of amidine groups is 2. The highest BCUT2D eigenvalue weighted by Gasteiger charge is 2.29. The van der Waals surface area contributed by atoms with Crippen LogP contribution in [-0.4, -0.2) is 17.8 Å². The number of nitrogens with one attached hydrogen (secondary N) is 2. The molecule has 322 valence electrons. The van der Waals surface area contributed by atoms with E-state index >= 15 is 0 Å². The second-order valence-corrected chi connectivity index (χ2v) is 18.1. The Kier molecular flexibility index (Phi) is 10.2. The van der Waals surface area contributed by atoms with E-state index < -0.39 is 0 Å². The van der Waals surface area contributed by atoms with E-state index in [1.807, 2.05) is 17.4 Å². The Morgan fingerprint density at radius 2 is 1.09 bits per heavy atom. The van der Waals surface area contributed by atoms with Crippen LogP contribution in [0.2, 0.25) is 0 Å². The normalized spacial score (nSPS) is 15.4. The Morgan fingerprint density at radius 1 is 0.507 bits per heavy atom. The first-order valence-corrected chi connectivity index (χ1v) is 23.7. The third-order valence-corrected chi connectivity index (χ3v) is 14.4. The minimum Gasteiger partial charge on any atom is -0.398 e. The van der Waals surface area contributed by atoms with Crippen molar-refractivity contribution in [1.29, 1.82) is 0 Å². The van der Waals surface area contributed by atoms with Gasteiger partial charge in [0.25, 0.3) is 0 Å². The van der Waals surface area contributed by atoms with Gasteiger partial charge >= 0.3 is 0 Å². The van der Waals surface area contributed by atoms with Gasteiger partial charge in [0.1, 0.15) is 18.2 Å². The van der Waals surface area contributed by atoms with Gasteiger partial charge in [0.2, 0.25) is 0 Å². The zero-order chi connectivity index (χ0) is 44.8. The van der Waals surface area contributed by atoms with Crippen molar-refractivity contribution in [2.24, 2.45) is 9.98 Å². The number of benzene rings is 9. The predicted octanol–water partition coefficient (Wildman–Crippen LogP) is 15.1. The van der Waals surface area contributed by atoms with Crippen LogP contribution in [0.15, 0.2) is 222 Å². The molecule has 0 amide bonds. The summed E-state index contributed by atoms with van der Waals surface area (Å²) < 4.78 is 2.44. The highest BCUT2D eigenvalue weighted by atomic mass is 32.1. The van der Waals surface area contributed by atoms with Gasteiger partial charge in [-0.25, -0.2) is 9.98 Å². The lowest BCUT2D eigenvalue weighted by Crippen LogP contribution is -2.33. The SMILES string of the molecule is CCC1Nc2ccccc2N1c1ccc(-c2cccc(-c3ccccc3-c3cccc(C4=NC(c5cccc6c5sc5c(-c7ccccc7)cccc56)=NC(c5ccccc5)N4)c3)c2N)cc1. The van der Waals surface area contributed by atoms with E-state index in [2.05, 4.69) is 229 Å². The number of para-hydroxylation sites is 3. The van der Waals surface area contributed by atoms with Gasteiger partial charge in [-0.2, -0.15) is 0 Å². The van der Waals surface area contributed by atoms with Gasteiger partial charge in [0.15, 0.2) is 5.84 Å². The average Bonchev–Trinajstić information content (AvgIpc) is 3.98. The molecular formula is C60H46N6S. The first kappa shape index (κ1) is 40.3. The summed E-state index contributed by atoms with van der Waals surface area (Å²) in [7, 11) is 0.